The van der Waals surface area contributed by atoms with Crippen LogP contribution in [0.15, 0.2) is 60.7 Å². The van der Waals surface area contributed by atoms with Crippen molar-refractivity contribution >= 4 is 39.3 Å². The number of hydrogen-bond donors (Lipinski definition) is 0. The molecular weight excluding hydrogens is 424 g/mol. The molecule has 7 heteroatoms. The van der Waals surface area contributed by atoms with Crippen molar-refractivity contribution in [2.45, 2.75) is 57.7 Å². The van der Waals surface area contributed by atoms with E-state index in [-0.39, 0.29) is 31.0 Å². The van der Waals surface area contributed by atoms with Crippen LogP contribution in [0, 0.1) is 0 Å². The average molecular weight is 459 g/mol. The Morgan fingerprint density at radius 2 is 1.29 bits per heavy atom. The second kappa shape index (κ2) is 11.5. The van der Waals surface area contributed by atoms with Crippen molar-refractivity contribution in [3.8, 4) is 0 Å². The number of rotatable bonds is 12. The average Bonchev–Trinajstić information content (AvgIpc) is 2.74. The molecule has 0 radical (unpaired) electrons. The first-order chi connectivity index (χ1) is 14.7. The highest BCUT2D eigenvalue weighted by Gasteiger charge is 2.34. The zero-order valence-electron chi connectivity index (χ0n) is 19.2. The van der Waals surface area contributed by atoms with Crippen molar-refractivity contribution in [2.75, 3.05) is 7.11 Å². The molecule has 0 N–H and O–H groups in total. The first-order valence-electron chi connectivity index (χ1n) is 10.6. The van der Waals surface area contributed by atoms with Gasteiger partial charge in [0, 0.05) is 6.42 Å². The lowest BCUT2D eigenvalue weighted by molar-refractivity contribution is -0.142. The van der Waals surface area contributed by atoms with Crippen molar-refractivity contribution in [1.29, 1.82) is 0 Å². The van der Waals surface area contributed by atoms with Crippen LogP contribution < -0.4 is 10.4 Å². The second-order valence-electron chi connectivity index (χ2n) is 8.65. The number of hydrogen-bond acceptors (Lipinski definition) is 5. The zero-order chi connectivity index (χ0) is 22.9. The molecule has 0 aliphatic heterocycles. The summed E-state index contributed by atoms with van der Waals surface area (Å²) in [6, 6.07) is 20.2. The Balaban J connectivity index is 2.21. The standard InChI is InChI=1S/C24H34O5Si2/c1-27-24(26)19-21(29-31(4,5)23-14-10-7-11-15-23)18-20(16-17-25)28-30(2,3)22-12-8-6-9-13-22/h6-15,17,20-21H,16,18-19H2,1-5H3. The number of carbonyl (C=O) groups is 2. The molecule has 0 bridgehead atoms. The number of carbonyl (C=O) groups excluding carboxylic acids is 2. The molecule has 0 aromatic heterocycles. The Kier molecular flexibility index (Phi) is 9.37. The molecule has 0 saturated carbocycles. The predicted octanol–water partition coefficient (Wildman–Crippen LogP) is 3.52. The molecular formula is C24H34O5Si2. The molecule has 0 aliphatic rings. The Morgan fingerprint density at radius 3 is 1.71 bits per heavy atom. The molecule has 2 aromatic rings. The Bertz CT molecular complexity index is 824. The maximum atomic E-state index is 12.1. The van der Waals surface area contributed by atoms with Gasteiger partial charge < -0.3 is 18.4 Å². The van der Waals surface area contributed by atoms with E-state index in [1.807, 2.05) is 36.4 Å². The van der Waals surface area contributed by atoms with Gasteiger partial charge in [0.25, 0.3) is 0 Å². The summed E-state index contributed by atoms with van der Waals surface area (Å²) in [6.45, 7) is 8.48. The molecule has 0 amide bonds. The largest absolute Gasteiger partial charge is 0.469 e. The van der Waals surface area contributed by atoms with E-state index in [0.717, 1.165) is 16.7 Å². The topological polar surface area (TPSA) is 61.8 Å². The lowest BCUT2D eigenvalue weighted by Gasteiger charge is -2.34. The highest BCUT2D eigenvalue weighted by molar-refractivity contribution is 6.84. The van der Waals surface area contributed by atoms with Gasteiger partial charge in [-0.1, -0.05) is 60.7 Å². The molecule has 0 heterocycles. The Morgan fingerprint density at radius 1 is 0.839 bits per heavy atom. The summed E-state index contributed by atoms with van der Waals surface area (Å²) in [6.07, 6.45) is 1.02. The molecule has 0 aliphatic carbocycles. The number of methoxy groups -OCH3 is 1. The number of benzene rings is 2. The summed E-state index contributed by atoms with van der Waals surface area (Å²) in [5.74, 6) is -0.327. The van der Waals surface area contributed by atoms with Gasteiger partial charge in [0.2, 0.25) is 16.6 Å². The lowest BCUT2D eigenvalue weighted by atomic mass is 10.1. The van der Waals surface area contributed by atoms with Crippen molar-refractivity contribution in [1.82, 2.24) is 0 Å². The highest BCUT2D eigenvalue weighted by Crippen LogP contribution is 2.21. The molecule has 5 nitrogen and oxygen atoms in total. The fraction of sp³-hybridized carbons (Fsp3) is 0.417. The maximum Gasteiger partial charge on any atom is 0.308 e. The predicted molar refractivity (Wildman–Crippen MR) is 129 cm³/mol. The van der Waals surface area contributed by atoms with Gasteiger partial charge >= 0.3 is 5.97 Å². The lowest BCUT2D eigenvalue weighted by Crippen LogP contribution is -2.50. The van der Waals surface area contributed by atoms with E-state index < -0.39 is 16.6 Å². The third kappa shape index (κ3) is 7.85. The van der Waals surface area contributed by atoms with Crippen LogP contribution >= 0.6 is 0 Å². The smallest absolute Gasteiger partial charge is 0.308 e. The van der Waals surface area contributed by atoms with Gasteiger partial charge in [0.1, 0.15) is 6.29 Å². The summed E-state index contributed by atoms with van der Waals surface area (Å²) < 4.78 is 18.0. The van der Waals surface area contributed by atoms with E-state index in [1.54, 1.807) is 0 Å². The molecule has 2 rings (SSSR count). The summed E-state index contributed by atoms with van der Waals surface area (Å²) >= 11 is 0. The third-order valence-corrected chi connectivity index (χ3v) is 10.7. The highest BCUT2D eigenvalue weighted by atomic mass is 28.4. The first kappa shape index (κ1) is 25.2. The molecule has 2 aromatic carbocycles. The van der Waals surface area contributed by atoms with E-state index in [0.29, 0.717) is 6.42 Å². The third-order valence-electron chi connectivity index (χ3n) is 5.37. The van der Waals surface area contributed by atoms with Crippen LogP contribution in [0.2, 0.25) is 26.2 Å². The summed E-state index contributed by atoms with van der Waals surface area (Å²) in [7, 11) is -3.13. The molecule has 0 spiro atoms. The number of esters is 1. The van der Waals surface area contributed by atoms with Crippen molar-refractivity contribution in [3.63, 3.8) is 0 Å². The molecule has 0 fully saturated rings. The van der Waals surface area contributed by atoms with Gasteiger partial charge in [0.05, 0.1) is 25.7 Å². The van der Waals surface area contributed by atoms with E-state index in [4.69, 9.17) is 13.6 Å². The van der Waals surface area contributed by atoms with Crippen LogP contribution in [-0.4, -0.2) is 48.2 Å². The molecule has 31 heavy (non-hydrogen) atoms. The zero-order valence-corrected chi connectivity index (χ0v) is 21.2. The molecule has 168 valence electrons. The normalized spacial score (nSPS) is 14.0. The van der Waals surface area contributed by atoms with Crippen molar-refractivity contribution in [3.05, 3.63) is 60.7 Å². The fourth-order valence-corrected chi connectivity index (χ4v) is 7.99. The van der Waals surface area contributed by atoms with Crippen LogP contribution in [0.5, 0.6) is 0 Å². The Labute approximate surface area is 188 Å². The van der Waals surface area contributed by atoms with E-state index in [9.17, 15) is 9.59 Å². The van der Waals surface area contributed by atoms with Crippen molar-refractivity contribution < 1.29 is 23.2 Å². The first-order valence-corrected chi connectivity index (χ1v) is 16.5. The molecule has 2 unspecified atom stereocenters. The van der Waals surface area contributed by atoms with Gasteiger partial charge in [-0.3, -0.25) is 4.79 Å². The van der Waals surface area contributed by atoms with Gasteiger partial charge in [-0.05, 0) is 43.0 Å². The van der Waals surface area contributed by atoms with Crippen LogP contribution in [0.3, 0.4) is 0 Å². The minimum atomic E-state index is -2.27. The van der Waals surface area contributed by atoms with E-state index >= 15 is 0 Å². The van der Waals surface area contributed by atoms with Crippen LogP contribution in [0.25, 0.3) is 0 Å². The quantitative estimate of drug-likeness (QED) is 0.277. The van der Waals surface area contributed by atoms with Gasteiger partial charge in [0.15, 0.2) is 0 Å². The van der Waals surface area contributed by atoms with Gasteiger partial charge in [-0.15, -0.1) is 0 Å². The fourth-order valence-electron chi connectivity index (χ4n) is 3.68. The van der Waals surface area contributed by atoms with Crippen LogP contribution in [0.4, 0.5) is 0 Å². The van der Waals surface area contributed by atoms with Crippen LogP contribution in [-0.2, 0) is 23.2 Å². The second-order valence-corrected chi connectivity index (χ2v) is 16.3. The van der Waals surface area contributed by atoms with Gasteiger partial charge in [-0.25, -0.2) is 0 Å². The summed E-state index contributed by atoms with van der Waals surface area (Å²) in [5.41, 5.74) is 0. The minimum absolute atomic E-state index is 0.131. The molecule has 2 atom stereocenters. The van der Waals surface area contributed by atoms with Crippen molar-refractivity contribution in [2.24, 2.45) is 0 Å². The monoisotopic (exact) mass is 458 g/mol. The van der Waals surface area contributed by atoms with E-state index in [2.05, 4.69) is 50.5 Å². The Hall–Kier alpha value is -2.07. The molecule has 0 saturated heterocycles. The SMILES string of the molecule is COC(=O)CC(CC(CC=O)O[Si](C)(C)c1ccccc1)O[Si](C)(C)c1ccccc1. The maximum absolute atomic E-state index is 12.1. The van der Waals surface area contributed by atoms with Gasteiger partial charge in [-0.2, -0.15) is 0 Å². The van der Waals surface area contributed by atoms with Crippen LogP contribution in [0.1, 0.15) is 19.3 Å². The summed E-state index contributed by atoms with van der Waals surface area (Å²) in [4.78, 5) is 23.5. The number of ether oxygens (including phenoxy) is 1. The summed E-state index contributed by atoms with van der Waals surface area (Å²) in [5, 5.41) is 2.31. The number of aldehydes is 1. The van der Waals surface area contributed by atoms with E-state index in [1.165, 1.54) is 7.11 Å². The minimum Gasteiger partial charge on any atom is -0.469 e.